The van der Waals surface area contributed by atoms with Crippen LogP contribution in [0.15, 0.2) is 87.8 Å². The van der Waals surface area contributed by atoms with Crippen molar-refractivity contribution in [3.8, 4) is 0 Å². The van der Waals surface area contributed by atoms with Crippen LogP contribution in [-0.4, -0.2) is 71.9 Å². The van der Waals surface area contributed by atoms with Gasteiger partial charge in [-0.1, -0.05) is 74.5 Å². The van der Waals surface area contributed by atoms with Gasteiger partial charge in [-0.3, -0.25) is 9.59 Å². The average molecular weight is 719 g/mol. The first-order valence-electron chi connectivity index (χ1n) is 17.9. The van der Waals surface area contributed by atoms with Gasteiger partial charge in [0.15, 0.2) is 0 Å². The molecule has 4 rings (SSSR count). The van der Waals surface area contributed by atoms with Gasteiger partial charge < -0.3 is 20.6 Å². The summed E-state index contributed by atoms with van der Waals surface area (Å²) in [4.78, 5) is 33.3. The van der Waals surface area contributed by atoms with Gasteiger partial charge in [0.2, 0.25) is 11.8 Å². The number of carbonyl (C=O) groups excluding carboxylic acids is 2. The highest BCUT2D eigenvalue weighted by molar-refractivity contribution is 7.99. The second kappa shape index (κ2) is 22.0. The van der Waals surface area contributed by atoms with Crippen molar-refractivity contribution in [3.05, 3.63) is 89.6 Å². The fourth-order valence-corrected chi connectivity index (χ4v) is 7.29. The number of benzene rings is 2. The van der Waals surface area contributed by atoms with Gasteiger partial charge in [-0.05, 0) is 114 Å². The van der Waals surface area contributed by atoms with Crippen LogP contribution >= 0.6 is 23.5 Å². The second-order valence-corrected chi connectivity index (χ2v) is 16.6. The van der Waals surface area contributed by atoms with Gasteiger partial charge in [-0.2, -0.15) is 0 Å². The standard InChI is InChI=1S/C22H30N2OS.C19H28N2O2S/c1-18-10-13-20(14-11-18)26-21-9-5-4-8-19(21)12-15-22(25)23-16-6-7-17-24(2)3;1-19(2,3)13-24-18-14(6-5-11-20-18)9-10-17(23)21-15-7-4-8-16(22)12-15/h4-5,8-11,13-14H,6-7,12,15-17H2,1-3H3,(H,23,25);5-6,9-11,15-16,22H,4,7-8,12-13H2,1-3H3,(H,21,23)/b;10-9+. The van der Waals surface area contributed by atoms with Crippen LogP contribution in [0.2, 0.25) is 0 Å². The Hall–Kier alpha value is -3.11. The normalized spacial score (nSPS) is 16.2. The largest absolute Gasteiger partial charge is 0.393 e. The van der Waals surface area contributed by atoms with Crippen LogP contribution in [0.5, 0.6) is 0 Å². The third kappa shape index (κ3) is 17.2. The van der Waals surface area contributed by atoms with Crippen molar-refractivity contribution in [1.29, 1.82) is 0 Å². The molecule has 2 amide bonds. The summed E-state index contributed by atoms with van der Waals surface area (Å²) in [6.07, 6.45) is 11.8. The summed E-state index contributed by atoms with van der Waals surface area (Å²) in [7, 11) is 4.15. The molecule has 0 spiro atoms. The minimum Gasteiger partial charge on any atom is -0.393 e. The lowest BCUT2D eigenvalue weighted by atomic mass is 9.93. The number of aliphatic hydroxyl groups is 1. The fraction of sp³-hybridized carbons (Fsp3) is 0.488. The van der Waals surface area contributed by atoms with E-state index < -0.39 is 0 Å². The topological polar surface area (TPSA) is 94.6 Å². The van der Waals surface area contributed by atoms with Gasteiger partial charge in [0.1, 0.15) is 5.03 Å². The lowest BCUT2D eigenvalue weighted by molar-refractivity contribution is -0.121. The van der Waals surface area contributed by atoms with Crippen molar-refractivity contribution in [1.82, 2.24) is 20.5 Å². The summed E-state index contributed by atoms with van der Waals surface area (Å²) >= 11 is 3.48. The number of nitrogens with zero attached hydrogens (tertiary/aromatic N) is 2. The Bertz CT molecular complexity index is 1490. The van der Waals surface area contributed by atoms with E-state index in [-0.39, 0.29) is 29.4 Å². The zero-order valence-electron chi connectivity index (χ0n) is 30.9. The number of pyridine rings is 1. The van der Waals surface area contributed by atoms with Crippen LogP contribution in [0, 0.1) is 12.3 Å². The maximum Gasteiger partial charge on any atom is 0.244 e. The predicted octanol–water partition coefficient (Wildman–Crippen LogP) is 8.19. The molecule has 0 saturated heterocycles. The molecule has 0 aliphatic heterocycles. The predicted molar refractivity (Wildman–Crippen MR) is 211 cm³/mol. The van der Waals surface area contributed by atoms with E-state index in [1.165, 1.54) is 20.9 Å². The van der Waals surface area contributed by atoms with E-state index in [0.717, 1.165) is 68.0 Å². The average Bonchev–Trinajstić information content (AvgIpc) is 3.07. The Kier molecular flexibility index (Phi) is 18.1. The number of aryl methyl sites for hydroxylation is 2. The van der Waals surface area contributed by atoms with E-state index in [4.69, 9.17) is 0 Å². The van der Waals surface area contributed by atoms with Crippen molar-refractivity contribution in [2.75, 3.05) is 32.9 Å². The zero-order valence-corrected chi connectivity index (χ0v) is 32.5. The van der Waals surface area contributed by atoms with Crippen LogP contribution in [0.3, 0.4) is 0 Å². The molecule has 50 heavy (non-hydrogen) atoms. The summed E-state index contributed by atoms with van der Waals surface area (Å²) in [6.45, 7) is 10.5. The highest BCUT2D eigenvalue weighted by Gasteiger charge is 2.21. The van der Waals surface area contributed by atoms with Crippen LogP contribution in [-0.2, 0) is 16.0 Å². The maximum atomic E-state index is 12.1. The molecule has 1 aromatic heterocycles. The lowest BCUT2D eigenvalue weighted by Gasteiger charge is -2.26. The van der Waals surface area contributed by atoms with E-state index >= 15 is 0 Å². The van der Waals surface area contributed by atoms with Crippen molar-refractivity contribution in [3.63, 3.8) is 0 Å². The van der Waals surface area contributed by atoms with Crippen LogP contribution in [0.25, 0.3) is 6.08 Å². The molecule has 7 nitrogen and oxygen atoms in total. The minimum atomic E-state index is -0.285. The number of rotatable bonds is 15. The molecule has 3 aromatic rings. The van der Waals surface area contributed by atoms with E-state index in [9.17, 15) is 14.7 Å². The summed E-state index contributed by atoms with van der Waals surface area (Å²) in [5.74, 6) is 1.01. The number of unbranched alkanes of at least 4 members (excludes halogenated alkanes) is 1. The SMILES string of the molecule is CC(C)(C)CSc1ncccc1/C=C/C(=O)NC1CCCC(O)C1.Cc1ccc(Sc2ccccc2CCC(=O)NCCCCN(C)C)cc1. The van der Waals surface area contributed by atoms with E-state index in [0.29, 0.717) is 12.8 Å². The Balaban J connectivity index is 0.000000271. The van der Waals surface area contributed by atoms with Gasteiger partial charge in [0.05, 0.1) is 6.10 Å². The Labute approximate surface area is 309 Å². The molecular weight excluding hydrogens is 661 g/mol. The van der Waals surface area contributed by atoms with Gasteiger partial charge >= 0.3 is 0 Å². The van der Waals surface area contributed by atoms with Gasteiger partial charge in [0.25, 0.3) is 0 Å². The van der Waals surface area contributed by atoms with Crippen LogP contribution < -0.4 is 10.6 Å². The highest BCUT2D eigenvalue weighted by atomic mass is 32.2. The monoisotopic (exact) mass is 718 g/mol. The lowest BCUT2D eigenvalue weighted by Crippen LogP contribution is -2.38. The number of amides is 2. The summed E-state index contributed by atoms with van der Waals surface area (Å²) in [5, 5.41) is 16.6. The second-order valence-electron chi connectivity index (χ2n) is 14.5. The fourth-order valence-electron chi connectivity index (χ4n) is 5.31. The van der Waals surface area contributed by atoms with Crippen molar-refractivity contribution >= 4 is 41.4 Å². The molecule has 1 aliphatic carbocycles. The first-order valence-corrected chi connectivity index (χ1v) is 19.7. The molecule has 9 heteroatoms. The number of aliphatic hydroxyl groups excluding tert-OH is 1. The minimum absolute atomic E-state index is 0.0783. The summed E-state index contributed by atoms with van der Waals surface area (Å²) in [6, 6.07) is 20.9. The third-order valence-electron chi connectivity index (χ3n) is 8.05. The molecule has 0 radical (unpaired) electrons. The smallest absolute Gasteiger partial charge is 0.244 e. The first-order chi connectivity index (χ1) is 23.9. The Morgan fingerprint density at radius 3 is 2.50 bits per heavy atom. The zero-order chi connectivity index (χ0) is 36.4. The molecule has 3 N–H and O–H groups in total. The quantitative estimate of drug-likeness (QED) is 0.0829. The molecule has 0 bridgehead atoms. The molecule has 1 saturated carbocycles. The molecule has 272 valence electrons. The number of nitrogens with one attached hydrogen (secondary N) is 2. The van der Waals surface area contributed by atoms with E-state index in [2.05, 4.69) is 105 Å². The third-order valence-corrected chi connectivity index (χ3v) is 10.8. The summed E-state index contributed by atoms with van der Waals surface area (Å²) in [5.41, 5.74) is 3.69. The van der Waals surface area contributed by atoms with Gasteiger partial charge in [0, 0.05) is 52.4 Å². The van der Waals surface area contributed by atoms with E-state index in [1.807, 2.05) is 24.3 Å². The molecule has 1 heterocycles. The van der Waals surface area contributed by atoms with Crippen molar-refractivity contribution < 1.29 is 14.7 Å². The highest BCUT2D eigenvalue weighted by Crippen LogP contribution is 2.31. The number of hydrogen-bond acceptors (Lipinski definition) is 7. The van der Waals surface area contributed by atoms with Crippen LogP contribution in [0.1, 0.15) is 82.4 Å². The number of thioether (sulfide) groups is 1. The van der Waals surface area contributed by atoms with Crippen LogP contribution in [0.4, 0.5) is 0 Å². The molecule has 1 aliphatic rings. The number of hydrogen-bond donors (Lipinski definition) is 3. The van der Waals surface area contributed by atoms with Gasteiger partial charge in [-0.15, -0.1) is 11.8 Å². The maximum absolute atomic E-state index is 12.1. The molecular formula is C41H58N4O3S2. The molecule has 2 aromatic carbocycles. The van der Waals surface area contributed by atoms with Gasteiger partial charge in [-0.25, -0.2) is 4.98 Å². The molecule has 2 atom stereocenters. The van der Waals surface area contributed by atoms with Crippen molar-refractivity contribution in [2.45, 2.75) is 106 Å². The molecule has 1 fully saturated rings. The number of carbonyl (C=O) groups is 2. The summed E-state index contributed by atoms with van der Waals surface area (Å²) < 4.78 is 0. The first kappa shape index (κ1) is 41.3. The molecule has 2 unspecified atom stereocenters. The van der Waals surface area contributed by atoms with Crippen molar-refractivity contribution in [2.24, 2.45) is 5.41 Å². The Morgan fingerprint density at radius 1 is 1.02 bits per heavy atom. The number of aromatic nitrogens is 1. The Morgan fingerprint density at radius 2 is 1.78 bits per heavy atom. The van der Waals surface area contributed by atoms with E-state index in [1.54, 1.807) is 35.8 Å².